The average Bonchev–Trinajstić information content (AvgIpc) is 2.52. The van der Waals surface area contributed by atoms with Gasteiger partial charge in [0.1, 0.15) is 23.5 Å². The summed E-state index contributed by atoms with van der Waals surface area (Å²) in [6.07, 6.45) is 2.52. The molecule has 0 fully saturated rings. The molecule has 0 saturated carbocycles. The molecule has 0 radical (unpaired) electrons. The van der Waals surface area contributed by atoms with Crippen molar-refractivity contribution in [3.63, 3.8) is 0 Å². The van der Waals surface area contributed by atoms with Crippen LogP contribution in [0.25, 0.3) is 10.9 Å². The Hall–Kier alpha value is -2.54. The zero-order valence-electron chi connectivity index (χ0n) is 13.0. The quantitative estimate of drug-likeness (QED) is 0.770. The van der Waals surface area contributed by atoms with Crippen molar-refractivity contribution in [2.45, 2.75) is 12.3 Å². The number of hydrogen-bond donors (Lipinski definition) is 1. The third-order valence-electron chi connectivity index (χ3n) is 3.50. The van der Waals surface area contributed by atoms with Crippen LogP contribution in [0.5, 0.6) is 0 Å². The topological polar surface area (TPSA) is 72.0 Å². The van der Waals surface area contributed by atoms with Crippen molar-refractivity contribution in [1.29, 1.82) is 0 Å². The molecule has 124 valence electrons. The van der Waals surface area contributed by atoms with Gasteiger partial charge in [0.15, 0.2) is 9.84 Å². The number of nitrogens with one attached hydrogen (secondary N) is 1. The lowest BCUT2D eigenvalue weighted by atomic mass is 10.1. The van der Waals surface area contributed by atoms with Crippen LogP contribution in [0.3, 0.4) is 0 Å². The van der Waals surface area contributed by atoms with Crippen molar-refractivity contribution in [1.82, 2.24) is 9.97 Å². The smallest absolute Gasteiger partial charge is 0.151 e. The van der Waals surface area contributed by atoms with E-state index in [-0.39, 0.29) is 11.3 Å². The van der Waals surface area contributed by atoms with Gasteiger partial charge in [-0.05, 0) is 23.3 Å². The van der Waals surface area contributed by atoms with Crippen molar-refractivity contribution in [3.05, 3.63) is 65.7 Å². The van der Waals surface area contributed by atoms with E-state index in [1.165, 1.54) is 18.6 Å². The summed E-state index contributed by atoms with van der Waals surface area (Å²) >= 11 is 0. The van der Waals surface area contributed by atoms with Crippen LogP contribution in [0.1, 0.15) is 11.1 Å². The van der Waals surface area contributed by atoms with Gasteiger partial charge < -0.3 is 5.32 Å². The number of fused-ring (bicyclic) bond motifs is 1. The van der Waals surface area contributed by atoms with Gasteiger partial charge in [0.25, 0.3) is 0 Å². The Morgan fingerprint density at radius 3 is 2.62 bits per heavy atom. The van der Waals surface area contributed by atoms with Crippen molar-refractivity contribution < 1.29 is 12.8 Å². The molecule has 0 spiro atoms. The molecule has 5 nitrogen and oxygen atoms in total. The molecule has 0 bridgehead atoms. The number of rotatable bonds is 5. The van der Waals surface area contributed by atoms with Crippen LogP contribution < -0.4 is 5.32 Å². The minimum atomic E-state index is -3.08. The first-order valence-corrected chi connectivity index (χ1v) is 9.37. The number of nitrogens with zero attached hydrogens (tertiary/aromatic N) is 2. The van der Waals surface area contributed by atoms with Crippen molar-refractivity contribution in [2.75, 3.05) is 11.6 Å². The summed E-state index contributed by atoms with van der Waals surface area (Å²) in [7, 11) is -3.08. The molecular formula is C17H16FN3O2S. The van der Waals surface area contributed by atoms with Gasteiger partial charge >= 0.3 is 0 Å². The maximum atomic E-state index is 13.8. The predicted octanol–water partition coefficient (Wildman–Crippen LogP) is 2.93. The molecule has 0 saturated heterocycles. The fourth-order valence-electron chi connectivity index (χ4n) is 2.51. The Bertz CT molecular complexity index is 990. The standard InChI is InChI=1S/C17H16FN3O2S/c1-24(22,23)10-13-5-2-4-12(8-13)9-19-17-14-6-3-7-15(18)16(14)20-11-21-17/h2-8,11H,9-10H2,1H3,(H,19,20,21). The molecule has 2 aromatic carbocycles. The van der Waals surface area contributed by atoms with Crippen LogP contribution >= 0.6 is 0 Å². The molecular weight excluding hydrogens is 329 g/mol. The van der Waals surface area contributed by atoms with Gasteiger partial charge in [-0.2, -0.15) is 0 Å². The Kier molecular flexibility index (Phi) is 4.44. The van der Waals surface area contributed by atoms with E-state index in [1.54, 1.807) is 18.2 Å². The third kappa shape index (κ3) is 3.86. The molecule has 0 unspecified atom stereocenters. The Morgan fingerprint density at radius 2 is 1.83 bits per heavy atom. The fourth-order valence-corrected chi connectivity index (χ4v) is 3.30. The van der Waals surface area contributed by atoms with Gasteiger partial charge in [-0.3, -0.25) is 0 Å². The number of halogens is 1. The van der Waals surface area contributed by atoms with Gasteiger partial charge in [-0.15, -0.1) is 0 Å². The zero-order chi connectivity index (χ0) is 17.2. The molecule has 3 rings (SSSR count). The molecule has 24 heavy (non-hydrogen) atoms. The highest BCUT2D eigenvalue weighted by atomic mass is 32.2. The first-order valence-electron chi connectivity index (χ1n) is 7.31. The Morgan fingerprint density at radius 1 is 1.08 bits per heavy atom. The van der Waals surface area contributed by atoms with E-state index in [1.807, 2.05) is 18.2 Å². The van der Waals surface area contributed by atoms with Crippen LogP contribution in [0.15, 0.2) is 48.8 Å². The molecule has 1 aromatic heterocycles. The minimum absolute atomic E-state index is 0.00247. The first kappa shape index (κ1) is 16.3. The number of benzene rings is 2. The molecule has 0 aliphatic heterocycles. The highest BCUT2D eigenvalue weighted by Gasteiger charge is 2.08. The van der Waals surface area contributed by atoms with Crippen LogP contribution in [0.4, 0.5) is 10.2 Å². The summed E-state index contributed by atoms with van der Waals surface area (Å²) in [4.78, 5) is 8.12. The second-order valence-corrected chi connectivity index (χ2v) is 7.74. The van der Waals surface area contributed by atoms with E-state index < -0.39 is 15.7 Å². The number of anilines is 1. The summed E-state index contributed by atoms with van der Waals surface area (Å²) in [6.45, 7) is 0.445. The van der Waals surface area contributed by atoms with E-state index in [0.29, 0.717) is 17.7 Å². The SMILES string of the molecule is CS(=O)(=O)Cc1cccc(CNc2ncnc3c(F)cccc23)c1. The first-order chi connectivity index (χ1) is 11.4. The van der Waals surface area contributed by atoms with E-state index >= 15 is 0 Å². The Labute approximate surface area is 139 Å². The summed E-state index contributed by atoms with van der Waals surface area (Å²) in [6, 6.07) is 12.0. The highest BCUT2D eigenvalue weighted by molar-refractivity contribution is 7.89. The third-order valence-corrected chi connectivity index (χ3v) is 4.35. The maximum absolute atomic E-state index is 13.8. The van der Waals surface area contributed by atoms with E-state index in [9.17, 15) is 12.8 Å². The van der Waals surface area contributed by atoms with Gasteiger partial charge in [-0.25, -0.2) is 22.8 Å². The molecule has 0 aliphatic carbocycles. The molecule has 0 aliphatic rings. The normalized spacial score (nSPS) is 11.6. The molecule has 1 N–H and O–H groups in total. The largest absolute Gasteiger partial charge is 0.365 e. The van der Waals surface area contributed by atoms with Crippen LogP contribution in [0.2, 0.25) is 0 Å². The fraction of sp³-hybridized carbons (Fsp3) is 0.176. The van der Waals surface area contributed by atoms with E-state index in [4.69, 9.17) is 0 Å². The number of sulfone groups is 1. The number of aromatic nitrogens is 2. The summed E-state index contributed by atoms with van der Waals surface area (Å²) in [5.41, 5.74) is 1.91. The van der Waals surface area contributed by atoms with Gasteiger partial charge in [0.05, 0.1) is 5.75 Å². The number of hydrogen-bond acceptors (Lipinski definition) is 5. The maximum Gasteiger partial charge on any atom is 0.151 e. The lowest BCUT2D eigenvalue weighted by molar-refractivity contribution is 0.601. The van der Waals surface area contributed by atoms with Crippen molar-refractivity contribution >= 4 is 26.6 Å². The van der Waals surface area contributed by atoms with Gasteiger partial charge in [0, 0.05) is 18.2 Å². The van der Waals surface area contributed by atoms with Crippen molar-refractivity contribution in [3.8, 4) is 0 Å². The summed E-state index contributed by atoms with van der Waals surface area (Å²) in [5, 5.41) is 3.76. The zero-order valence-corrected chi connectivity index (χ0v) is 13.8. The average molecular weight is 345 g/mol. The lowest BCUT2D eigenvalue weighted by Gasteiger charge is -2.09. The highest BCUT2D eigenvalue weighted by Crippen LogP contribution is 2.21. The monoisotopic (exact) mass is 345 g/mol. The summed E-state index contributed by atoms with van der Waals surface area (Å²) in [5.74, 6) is 0.142. The molecule has 0 atom stereocenters. The van der Waals surface area contributed by atoms with Gasteiger partial charge in [0.2, 0.25) is 0 Å². The molecule has 3 aromatic rings. The predicted molar refractivity (Wildman–Crippen MR) is 91.8 cm³/mol. The number of para-hydroxylation sites is 1. The van der Waals surface area contributed by atoms with Crippen LogP contribution in [-0.4, -0.2) is 24.6 Å². The van der Waals surface area contributed by atoms with Crippen molar-refractivity contribution in [2.24, 2.45) is 0 Å². The van der Waals surface area contributed by atoms with Gasteiger partial charge in [-0.1, -0.05) is 30.3 Å². The molecule has 7 heteroatoms. The minimum Gasteiger partial charge on any atom is -0.365 e. The summed E-state index contributed by atoms with van der Waals surface area (Å²) < 4.78 is 36.6. The second-order valence-electron chi connectivity index (χ2n) is 5.60. The Balaban J connectivity index is 1.82. The second kappa shape index (κ2) is 6.52. The molecule has 0 amide bonds. The van der Waals surface area contributed by atoms with E-state index in [0.717, 1.165) is 11.1 Å². The lowest BCUT2D eigenvalue weighted by Crippen LogP contribution is -2.05. The van der Waals surface area contributed by atoms with Crippen LogP contribution in [-0.2, 0) is 22.1 Å². The molecule has 1 heterocycles. The van der Waals surface area contributed by atoms with E-state index in [2.05, 4.69) is 15.3 Å². The van der Waals surface area contributed by atoms with Crippen LogP contribution in [0, 0.1) is 5.82 Å².